The lowest BCUT2D eigenvalue weighted by Gasteiger charge is -2.27. The van der Waals surface area contributed by atoms with Gasteiger partial charge in [0.25, 0.3) is 0 Å². The van der Waals surface area contributed by atoms with E-state index in [0.29, 0.717) is 42.4 Å². The van der Waals surface area contributed by atoms with Gasteiger partial charge in [0.2, 0.25) is 0 Å². The summed E-state index contributed by atoms with van der Waals surface area (Å²) in [4.78, 5) is 12.6. The summed E-state index contributed by atoms with van der Waals surface area (Å²) >= 11 is 0. The van der Waals surface area contributed by atoms with E-state index in [9.17, 15) is 4.79 Å². The summed E-state index contributed by atoms with van der Waals surface area (Å²) in [5.41, 5.74) is 1.51. The highest BCUT2D eigenvalue weighted by Crippen LogP contribution is 2.42. The van der Waals surface area contributed by atoms with Gasteiger partial charge < -0.3 is 14.2 Å². The van der Waals surface area contributed by atoms with Crippen LogP contribution in [0.3, 0.4) is 0 Å². The Kier molecular flexibility index (Phi) is 4.51. The van der Waals surface area contributed by atoms with Crippen LogP contribution in [-0.2, 0) is 0 Å². The van der Waals surface area contributed by atoms with Crippen molar-refractivity contribution < 1.29 is 19.0 Å². The van der Waals surface area contributed by atoms with Gasteiger partial charge in [0, 0.05) is 12.1 Å². The molecule has 0 aromatic heterocycles. The number of ether oxygens (including phenoxy) is 3. The molecule has 0 saturated carbocycles. The standard InChI is InChI=1S/C19H20O4/c1-3-21-14-10-17(22-4-2)19-15(20)12-16(23-18(19)11-14)13-8-6-5-7-9-13/h5-11,16H,3-4,12H2,1-2H3. The number of Topliss-reactive ketones (excluding diaryl/α,β-unsaturated/α-hetero) is 1. The predicted molar refractivity (Wildman–Crippen MR) is 87.5 cm³/mol. The Morgan fingerprint density at radius 3 is 2.52 bits per heavy atom. The first-order valence-corrected chi connectivity index (χ1v) is 7.91. The number of carbonyl (C=O) groups excluding carboxylic acids is 1. The number of ketones is 1. The van der Waals surface area contributed by atoms with Crippen LogP contribution < -0.4 is 14.2 Å². The minimum atomic E-state index is -0.275. The summed E-state index contributed by atoms with van der Waals surface area (Å²) in [7, 11) is 0. The molecule has 1 heterocycles. The summed E-state index contributed by atoms with van der Waals surface area (Å²) in [5.74, 6) is 1.75. The molecule has 4 nitrogen and oxygen atoms in total. The Labute approximate surface area is 136 Å². The lowest BCUT2D eigenvalue weighted by atomic mass is 9.95. The monoisotopic (exact) mass is 312 g/mol. The SMILES string of the molecule is CCOc1cc(OCC)c2c(c1)OC(c1ccccc1)CC2=O. The van der Waals surface area contributed by atoms with E-state index < -0.39 is 0 Å². The lowest BCUT2D eigenvalue weighted by Crippen LogP contribution is -2.21. The molecular formula is C19H20O4. The number of benzene rings is 2. The highest BCUT2D eigenvalue weighted by molar-refractivity contribution is 6.02. The van der Waals surface area contributed by atoms with E-state index in [0.717, 1.165) is 5.56 Å². The van der Waals surface area contributed by atoms with E-state index in [-0.39, 0.29) is 11.9 Å². The largest absolute Gasteiger partial charge is 0.494 e. The fourth-order valence-electron chi connectivity index (χ4n) is 2.77. The number of rotatable bonds is 5. The van der Waals surface area contributed by atoms with Crippen molar-refractivity contribution in [1.82, 2.24) is 0 Å². The normalized spacial score (nSPS) is 16.4. The first kappa shape index (κ1) is 15.4. The number of hydrogen-bond donors (Lipinski definition) is 0. The molecular weight excluding hydrogens is 292 g/mol. The van der Waals surface area contributed by atoms with Crippen molar-refractivity contribution in [1.29, 1.82) is 0 Å². The van der Waals surface area contributed by atoms with E-state index in [1.165, 1.54) is 0 Å². The Balaban J connectivity index is 2.00. The second-order valence-electron chi connectivity index (χ2n) is 5.31. The van der Waals surface area contributed by atoms with Gasteiger partial charge in [-0.25, -0.2) is 0 Å². The van der Waals surface area contributed by atoms with Crippen LogP contribution in [0.1, 0.15) is 42.3 Å². The second-order valence-corrected chi connectivity index (χ2v) is 5.31. The van der Waals surface area contributed by atoms with Crippen LogP contribution in [0.5, 0.6) is 17.2 Å². The molecule has 1 unspecified atom stereocenters. The summed E-state index contributed by atoms with van der Waals surface area (Å²) in [6.07, 6.45) is 0.0352. The van der Waals surface area contributed by atoms with Crippen molar-refractivity contribution in [2.45, 2.75) is 26.4 Å². The van der Waals surface area contributed by atoms with Gasteiger partial charge in [0.05, 0.1) is 19.6 Å². The first-order valence-electron chi connectivity index (χ1n) is 7.91. The fraction of sp³-hybridized carbons (Fsp3) is 0.316. The topological polar surface area (TPSA) is 44.8 Å². The molecule has 0 N–H and O–H groups in total. The zero-order valence-corrected chi connectivity index (χ0v) is 13.4. The third-order valence-corrected chi connectivity index (χ3v) is 3.74. The third kappa shape index (κ3) is 3.16. The predicted octanol–water partition coefficient (Wildman–Crippen LogP) is 4.19. The summed E-state index contributed by atoms with van der Waals surface area (Å²) in [6, 6.07) is 13.3. The van der Waals surface area contributed by atoms with Gasteiger partial charge >= 0.3 is 0 Å². The molecule has 0 aliphatic carbocycles. The zero-order valence-electron chi connectivity index (χ0n) is 13.4. The Morgan fingerprint density at radius 2 is 1.83 bits per heavy atom. The maximum absolute atomic E-state index is 12.6. The van der Waals surface area contributed by atoms with E-state index in [1.54, 1.807) is 12.1 Å². The van der Waals surface area contributed by atoms with Crippen LogP contribution in [0.15, 0.2) is 42.5 Å². The number of carbonyl (C=O) groups is 1. The molecule has 3 rings (SSSR count). The van der Waals surface area contributed by atoms with Gasteiger partial charge in [-0.3, -0.25) is 4.79 Å². The van der Waals surface area contributed by atoms with Crippen LogP contribution >= 0.6 is 0 Å². The van der Waals surface area contributed by atoms with Gasteiger partial charge in [-0.15, -0.1) is 0 Å². The van der Waals surface area contributed by atoms with Crippen molar-refractivity contribution in [3.63, 3.8) is 0 Å². The van der Waals surface area contributed by atoms with Gasteiger partial charge in [-0.2, -0.15) is 0 Å². The molecule has 0 spiro atoms. The Hall–Kier alpha value is -2.49. The van der Waals surface area contributed by atoms with Gasteiger partial charge in [0.1, 0.15) is 28.9 Å². The van der Waals surface area contributed by atoms with Crippen molar-refractivity contribution in [2.75, 3.05) is 13.2 Å². The Bertz CT molecular complexity index is 694. The lowest BCUT2D eigenvalue weighted by molar-refractivity contribution is 0.0842. The number of hydrogen-bond acceptors (Lipinski definition) is 4. The molecule has 0 amide bonds. The van der Waals surface area contributed by atoms with Crippen molar-refractivity contribution in [2.24, 2.45) is 0 Å². The summed E-state index contributed by atoms with van der Waals surface area (Å²) in [6.45, 7) is 4.83. The van der Waals surface area contributed by atoms with Gasteiger partial charge in [-0.05, 0) is 19.4 Å². The van der Waals surface area contributed by atoms with Crippen LogP contribution in [0.4, 0.5) is 0 Å². The highest BCUT2D eigenvalue weighted by atomic mass is 16.5. The molecule has 23 heavy (non-hydrogen) atoms. The molecule has 0 saturated heterocycles. The molecule has 2 aromatic carbocycles. The van der Waals surface area contributed by atoms with E-state index >= 15 is 0 Å². The van der Waals surface area contributed by atoms with Gasteiger partial charge in [0.15, 0.2) is 5.78 Å². The van der Waals surface area contributed by atoms with E-state index in [1.807, 2.05) is 44.2 Å². The third-order valence-electron chi connectivity index (χ3n) is 3.74. The molecule has 1 aliphatic rings. The molecule has 0 radical (unpaired) electrons. The molecule has 4 heteroatoms. The molecule has 0 fully saturated rings. The van der Waals surface area contributed by atoms with Crippen LogP contribution in [-0.4, -0.2) is 19.0 Å². The van der Waals surface area contributed by atoms with Crippen LogP contribution in [0.2, 0.25) is 0 Å². The molecule has 1 aliphatic heterocycles. The molecule has 1 atom stereocenters. The van der Waals surface area contributed by atoms with Crippen molar-refractivity contribution >= 4 is 5.78 Å². The second kappa shape index (κ2) is 6.73. The Morgan fingerprint density at radius 1 is 1.09 bits per heavy atom. The summed E-state index contributed by atoms with van der Waals surface area (Å²) in [5, 5.41) is 0. The number of fused-ring (bicyclic) bond motifs is 1. The van der Waals surface area contributed by atoms with Crippen molar-refractivity contribution in [3.05, 3.63) is 53.6 Å². The van der Waals surface area contributed by atoms with Gasteiger partial charge in [-0.1, -0.05) is 30.3 Å². The quantitative estimate of drug-likeness (QED) is 0.830. The minimum Gasteiger partial charge on any atom is -0.494 e. The van der Waals surface area contributed by atoms with E-state index in [4.69, 9.17) is 14.2 Å². The first-order chi connectivity index (χ1) is 11.2. The molecule has 2 aromatic rings. The zero-order chi connectivity index (χ0) is 16.2. The highest BCUT2D eigenvalue weighted by Gasteiger charge is 2.31. The minimum absolute atomic E-state index is 0.0339. The average molecular weight is 312 g/mol. The van der Waals surface area contributed by atoms with Crippen molar-refractivity contribution in [3.8, 4) is 17.2 Å². The average Bonchev–Trinajstić information content (AvgIpc) is 2.55. The maximum atomic E-state index is 12.6. The fourth-order valence-corrected chi connectivity index (χ4v) is 2.77. The summed E-state index contributed by atoms with van der Waals surface area (Å²) < 4.78 is 17.3. The van der Waals surface area contributed by atoms with Crippen LogP contribution in [0, 0.1) is 0 Å². The smallest absolute Gasteiger partial charge is 0.174 e. The van der Waals surface area contributed by atoms with Crippen LogP contribution in [0.25, 0.3) is 0 Å². The van der Waals surface area contributed by atoms with E-state index in [2.05, 4.69) is 0 Å². The molecule has 120 valence electrons. The molecule has 0 bridgehead atoms. The maximum Gasteiger partial charge on any atom is 0.174 e.